The Morgan fingerprint density at radius 2 is 1.61 bits per heavy atom. The van der Waals surface area contributed by atoms with E-state index in [1.54, 1.807) is 31.2 Å². The zero-order valence-electron chi connectivity index (χ0n) is 12.9. The Morgan fingerprint density at radius 1 is 1.04 bits per heavy atom. The summed E-state index contributed by atoms with van der Waals surface area (Å²) >= 11 is 0. The summed E-state index contributed by atoms with van der Waals surface area (Å²) in [4.78, 5) is 23.8. The van der Waals surface area contributed by atoms with Gasteiger partial charge in [-0.15, -0.1) is 0 Å². The molecule has 23 heavy (non-hydrogen) atoms. The van der Waals surface area contributed by atoms with Crippen LogP contribution in [0.3, 0.4) is 0 Å². The molecule has 0 aromatic heterocycles. The van der Waals surface area contributed by atoms with Gasteiger partial charge in [0.25, 0.3) is 0 Å². The first kappa shape index (κ1) is 16.7. The number of primary amides is 1. The third-order valence-corrected chi connectivity index (χ3v) is 3.42. The average Bonchev–Trinajstić information content (AvgIpc) is 2.58. The normalized spacial score (nSPS) is 13.1. The number of carbonyl (C=O) groups is 2. The number of nitrogens with two attached hydrogens (primary N) is 1. The molecule has 5 nitrogen and oxygen atoms in total. The molecule has 2 amide bonds. The number of ether oxygens (including phenoxy) is 1. The van der Waals surface area contributed by atoms with Crippen molar-refractivity contribution >= 4 is 11.8 Å². The predicted molar refractivity (Wildman–Crippen MR) is 87.2 cm³/mol. The van der Waals surface area contributed by atoms with Crippen molar-refractivity contribution in [1.29, 1.82) is 0 Å². The summed E-state index contributed by atoms with van der Waals surface area (Å²) in [5.41, 5.74) is 7.00. The third kappa shape index (κ3) is 4.93. The van der Waals surface area contributed by atoms with Gasteiger partial charge in [-0.25, -0.2) is 0 Å². The molecule has 0 heterocycles. The van der Waals surface area contributed by atoms with Crippen LogP contribution in [0, 0.1) is 0 Å². The number of carbonyl (C=O) groups excluding carboxylic acids is 2. The maximum atomic E-state index is 12.2. The van der Waals surface area contributed by atoms with Crippen LogP contribution in [0.2, 0.25) is 0 Å². The van der Waals surface area contributed by atoms with Crippen molar-refractivity contribution < 1.29 is 14.3 Å². The molecular weight excluding hydrogens is 292 g/mol. The van der Waals surface area contributed by atoms with Gasteiger partial charge in [0.1, 0.15) is 12.1 Å². The van der Waals surface area contributed by atoms with Crippen LogP contribution in [-0.2, 0) is 20.9 Å². The van der Waals surface area contributed by atoms with E-state index in [0.29, 0.717) is 12.2 Å². The number of nitrogens with one attached hydrogen (secondary N) is 1. The molecule has 0 radical (unpaired) electrons. The minimum atomic E-state index is -0.869. The van der Waals surface area contributed by atoms with Gasteiger partial charge >= 0.3 is 0 Å². The van der Waals surface area contributed by atoms with Crippen LogP contribution in [0.4, 0.5) is 0 Å². The van der Waals surface area contributed by atoms with Crippen LogP contribution in [0.5, 0.6) is 0 Å². The van der Waals surface area contributed by atoms with Crippen molar-refractivity contribution in [2.75, 3.05) is 0 Å². The predicted octanol–water partition coefficient (Wildman–Crippen LogP) is 1.93. The molecule has 0 bridgehead atoms. The summed E-state index contributed by atoms with van der Waals surface area (Å²) < 4.78 is 5.54. The van der Waals surface area contributed by atoms with E-state index in [2.05, 4.69) is 5.32 Å². The minimum absolute atomic E-state index is 0.321. The summed E-state index contributed by atoms with van der Waals surface area (Å²) in [5, 5.41) is 2.63. The van der Waals surface area contributed by atoms with E-state index < -0.39 is 18.1 Å². The van der Waals surface area contributed by atoms with Crippen molar-refractivity contribution in [2.45, 2.75) is 25.7 Å². The molecule has 0 fully saturated rings. The molecule has 2 aromatic rings. The molecule has 0 saturated heterocycles. The summed E-state index contributed by atoms with van der Waals surface area (Å²) in [5.74, 6) is -0.992. The lowest BCUT2D eigenvalue weighted by Crippen LogP contribution is -2.42. The van der Waals surface area contributed by atoms with Crippen molar-refractivity contribution in [3.8, 4) is 0 Å². The smallest absolute Gasteiger partial charge is 0.249 e. The number of hydrogen-bond acceptors (Lipinski definition) is 3. The molecule has 0 aliphatic heterocycles. The van der Waals surface area contributed by atoms with E-state index in [4.69, 9.17) is 10.5 Å². The Kier molecular flexibility index (Phi) is 5.88. The fraction of sp³-hybridized carbons (Fsp3) is 0.222. The summed E-state index contributed by atoms with van der Waals surface area (Å²) in [6, 6.07) is 17.6. The molecule has 0 aliphatic carbocycles. The van der Waals surface area contributed by atoms with Crippen LogP contribution in [-0.4, -0.2) is 17.9 Å². The lowest BCUT2D eigenvalue weighted by Gasteiger charge is -2.19. The molecule has 2 atom stereocenters. The molecule has 2 aromatic carbocycles. The van der Waals surface area contributed by atoms with Crippen LogP contribution < -0.4 is 11.1 Å². The average molecular weight is 312 g/mol. The maximum Gasteiger partial charge on any atom is 0.249 e. The van der Waals surface area contributed by atoms with Crippen molar-refractivity contribution in [1.82, 2.24) is 5.32 Å². The minimum Gasteiger partial charge on any atom is -0.368 e. The zero-order valence-corrected chi connectivity index (χ0v) is 12.9. The van der Waals surface area contributed by atoms with E-state index in [1.165, 1.54) is 0 Å². The van der Waals surface area contributed by atoms with Gasteiger partial charge in [-0.1, -0.05) is 60.7 Å². The van der Waals surface area contributed by atoms with Gasteiger partial charge in [0.2, 0.25) is 11.8 Å². The highest BCUT2D eigenvalue weighted by molar-refractivity contribution is 5.89. The molecule has 2 rings (SSSR count). The highest BCUT2D eigenvalue weighted by atomic mass is 16.5. The molecule has 120 valence electrons. The first-order valence-corrected chi connectivity index (χ1v) is 7.38. The quantitative estimate of drug-likeness (QED) is 0.819. The molecule has 0 aliphatic rings. The van der Waals surface area contributed by atoms with E-state index in [0.717, 1.165) is 5.56 Å². The van der Waals surface area contributed by atoms with Crippen molar-refractivity contribution in [3.63, 3.8) is 0 Å². The highest BCUT2D eigenvalue weighted by Gasteiger charge is 2.23. The molecule has 3 N–H and O–H groups in total. The van der Waals surface area contributed by atoms with Gasteiger partial charge in [-0.05, 0) is 18.1 Å². The van der Waals surface area contributed by atoms with Gasteiger partial charge in [0.05, 0.1) is 6.61 Å². The van der Waals surface area contributed by atoms with Crippen LogP contribution in [0.25, 0.3) is 0 Å². The standard InChI is InChI=1S/C18H20N2O3/c1-13(23-12-14-8-4-2-5-9-14)18(22)20-16(17(19)21)15-10-6-3-7-11-15/h2-11,13,16H,12H2,1H3,(H2,19,21)(H,20,22)/t13-,16+/m0/s1. The Bertz CT molecular complexity index is 644. The second-order valence-corrected chi connectivity index (χ2v) is 5.19. The van der Waals surface area contributed by atoms with Gasteiger partial charge < -0.3 is 15.8 Å². The van der Waals surface area contributed by atoms with Crippen LogP contribution in [0.15, 0.2) is 60.7 Å². The van der Waals surface area contributed by atoms with Crippen LogP contribution >= 0.6 is 0 Å². The van der Waals surface area contributed by atoms with E-state index in [1.807, 2.05) is 36.4 Å². The van der Waals surface area contributed by atoms with E-state index >= 15 is 0 Å². The Labute approximate surface area is 135 Å². The molecule has 5 heteroatoms. The monoisotopic (exact) mass is 312 g/mol. The van der Waals surface area contributed by atoms with Crippen molar-refractivity contribution in [3.05, 3.63) is 71.8 Å². The lowest BCUT2D eigenvalue weighted by atomic mass is 10.1. The number of amides is 2. The lowest BCUT2D eigenvalue weighted by molar-refractivity contribution is -0.135. The van der Waals surface area contributed by atoms with Gasteiger partial charge in [0.15, 0.2) is 0 Å². The van der Waals surface area contributed by atoms with Gasteiger partial charge in [0, 0.05) is 0 Å². The second kappa shape index (κ2) is 8.10. The Balaban J connectivity index is 1.94. The third-order valence-electron chi connectivity index (χ3n) is 3.42. The van der Waals surface area contributed by atoms with Crippen LogP contribution in [0.1, 0.15) is 24.1 Å². The molecule has 0 unspecified atom stereocenters. The number of benzene rings is 2. The first-order chi connectivity index (χ1) is 11.1. The SMILES string of the molecule is C[C@H](OCc1ccccc1)C(=O)N[C@@H](C(N)=O)c1ccccc1. The molecular formula is C18H20N2O3. The first-order valence-electron chi connectivity index (χ1n) is 7.38. The number of rotatable bonds is 7. The van der Waals surface area contributed by atoms with Gasteiger partial charge in [-0.3, -0.25) is 9.59 Å². The molecule has 0 saturated carbocycles. The molecule has 0 spiro atoms. The van der Waals surface area contributed by atoms with E-state index in [9.17, 15) is 9.59 Å². The maximum absolute atomic E-state index is 12.2. The van der Waals surface area contributed by atoms with Crippen molar-refractivity contribution in [2.24, 2.45) is 5.73 Å². The number of hydrogen-bond donors (Lipinski definition) is 2. The van der Waals surface area contributed by atoms with Gasteiger partial charge in [-0.2, -0.15) is 0 Å². The summed E-state index contributed by atoms with van der Waals surface area (Å²) in [6.07, 6.45) is -0.694. The summed E-state index contributed by atoms with van der Waals surface area (Å²) in [7, 11) is 0. The summed E-state index contributed by atoms with van der Waals surface area (Å²) in [6.45, 7) is 1.96. The fourth-order valence-corrected chi connectivity index (χ4v) is 2.09. The zero-order chi connectivity index (χ0) is 16.7. The largest absolute Gasteiger partial charge is 0.368 e. The highest BCUT2D eigenvalue weighted by Crippen LogP contribution is 2.12. The second-order valence-electron chi connectivity index (χ2n) is 5.19. The fourth-order valence-electron chi connectivity index (χ4n) is 2.09. The Morgan fingerprint density at radius 3 is 2.17 bits per heavy atom. The Hall–Kier alpha value is -2.66. The van der Waals surface area contributed by atoms with E-state index in [-0.39, 0.29) is 5.91 Å². The topological polar surface area (TPSA) is 81.4 Å².